The number of hydrogen-bond donors (Lipinski definition) is 1. The quantitative estimate of drug-likeness (QED) is 0.733. The van der Waals surface area contributed by atoms with Crippen molar-refractivity contribution in [2.75, 3.05) is 13.7 Å². The Morgan fingerprint density at radius 1 is 1.21 bits per heavy atom. The predicted octanol–water partition coefficient (Wildman–Crippen LogP) is 2.33. The predicted molar refractivity (Wildman–Crippen MR) is 58.4 cm³/mol. The van der Waals surface area contributed by atoms with Crippen LogP contribution in [0, 0.1) is 5.92 Å². The Morgan fingerprint density at radius 3 is 2.57 bits per heavy atom. The Labute approximate surface area is 87.4 Å². The van der Waals surface area contributed by atoms with Gasteiger partial charge in [-0.3, -0.25) is 0 Å². The van der Waals surface area contributed by atoms with Gasteiger partial charge in [-0.25, -0.2) is 0 Å². The normalized spacial score (nSPS) is 40.3. The smallest absolute Gasteiger partial charge is 0.0697 e. The summed E-state index contributed by atoms with van der Waals surface area (Å²) in [5.41, 5.74) is 0.169. The second-order valence-electron chi connectivity index (χ2n) is 5.12. The van der Waals surface area contributed by atoms with Crippen LogP contribution in [-0.2, 0) is 4.74 Å². The molecular weight excluding hydrogens is 174 g/mol. The van der Waals surface area contributed by atoms with Crippen molar-refractivity contribution in [2.24, 2.45) is 5.92 Å². The first-order valence-corrected chi connectivity index (χ1v) is 6.06. The van der Waals surface area contributed by atoms with Gasteiger partial charge in [-0.1, -0.05) is 12.8 Å². The fourth-order valence-corrected chi connectivity index (χ4v) is 3.15. The summed E-state index contributed by atoms with van der Waals surface area (Å²) >= 11 is 0. The van der Waals surface area contributed by atoms with Gasteiger partial charge in [-0.05, 0) is 45.6 Å². The van der Waals surface area contributed by atoms with E-state index >= 15 is 0 Å². The van der Waals surface area contributed by atoms with Crippen LogP contribution < -0.4 is 5.32 Å². The molecule has 0 spiro atoms. The molecule has 1 heterocycles. The molecule has 0 aromatic carbocycles. The third kappa shape index (κ3) is 1.96. The van der Waals surface area contributed by atoms with Crippen molar-refractivity contribution >= 4 is 0 Å². The molecular formula is C12H23NO. The first kappa shape index (κ1) is 10.4. The van der Waals surface area contributed by atoms with Gasteiger partial charge in [-0.15, -0.1) is 0 Å². The van der Waals surface area contributed by atoms with Gasteiger partial charge < -0.3 is 10.1 Å². The monoisotopic (exact) mass is 197 g/mol. The molecule has 2 nitrogen and oxygen atoms in total. The summed E-state index contributed by atoms with van der Waals surface area (Å²) < 4.78 is 6.04. The van der Waals surface area contributed by atoms with Crippen molar-refractivity contribution < 1.29 is 4.74 Å². The van der Waals surface area contributed by atoms with E-state index in [0.717, 1.165) is 12.5 Å². The molecule has 2 heteroatoms. The van der Waals surface area contributed by atoms with Gasteiger partial charge in [0.25, 0.3) is 0 Å². The maximum Gasteiger partial charge on any atom is 0.0697 e. The third-order valence-electron chi connectivity index (χ3n) is 4.18. The van der Waals surface area contributed by atoms with Gasteiger partial charge in [0.1, 0.15) is 0 Å². The van der Waals surface area contributed by atoms with Crippen LogP contribution >= 0.6 is 0 Å². The minimum Gasteiger partial charge on any atom is -0.375 e. The summed E-state index contributed by atoms with van der Waals surface area (Å²) in [6, 6.07) is 0.675. The molecule has 0 amide bonds. The van der Waals surface area contributed by atoms with Crippen LogP contribution in [0.2, 0.25) is 0 Å². The van der Waals surface area contributed by atoms with Crippen LogP contribution in [0.3, 0.4) is 0 Å². The number of nitrogens with one attached hydrogen (secondary N) is 1. The second-order valence-corrected chi connectivity index (χ2v) is 5.12. The zero-order valence-corrected chi connectivity index (χ0v) is 9.51. The molecule has 1 saturated heterocycles. The number of hydrogen-bond acceptors (Lipinski definition) is 2. The van der Waals surface area contributed by atoms with E-state index in [4.69, 9.17) is 4.74 Å². The van der Waals surface area contributed by atoms with Gasteiger partial charge in [0.05, 0.1) is 5.60 Å². The van der Waals surface area contributed by atoms with Crippen LogP contribution in [0.5, 0.6) is 0 Å². The lowest BCUT2D eigenvalue weighted by Crippen LogP contribution is -2.48. The van der Waals surface area contributed by atoms with Crippen LogP contribution in [-0.4, -0.2) is 25.3 Å². The molecule has 2 rings (SSSR count). The number of rotatable bonds is 2. The molecule has 0 aromatic rings. The minimum atomic E-state index is 0.169. The van der Waals surface area contributed by atoms with E-state index < -0.39 is 0 Å². The topological polar surface area (TPSA) is 21.3 Å². The molecule has 82 valence electrons. The van der Waals surface area contributed by atoms with E-state index in [1.807, 2.05) is 0 Å². The molecule has 0 aromatic heterocycles. The highest BCUT2D eigenvalue weighted by molar-refractivity contribution is 4.93. The van der Waals surface area contributed by atoms with E-state index in [0.29, 0.717) is 6.04 Å². The Bertz CT molecular complexity index is 189. The minimum absolute atomic E-state index is 0.169. The Morgan fingerprint density at radius 2 is 1.93 bits per heavy atom. The van der Waals surface area contributed by atoms with Gasteiger partial charge in [-0.2, -0.15) is 0 Å². The van der Waals surface area contributed by atoms with Crippen molar-refractivity contribution in [2.45, 2.75) is 57.1 Å². The lowest BCUT2D eigenvalue weighted by molar-refractivity contribution is -0.110. The van der Waals surface area contributed by atoms with Crippen LogP contribution in [0.15, 0.2) is 0 Å². The second kappa shape index (κ2) is 4.19. The summed E-state index contributed by atoms with van der Waals surface area (Å²) in [4.78, 5) is 0. The van der Waals surface area contributed by atoms with Gasteiger partial charge >= 0.3 is 0 Å². The summed E-state index contributed by atoms with van der Waals surface area (Å²) in [5.74, 6) is 0.818. The maximum absolute atomic E-state index is 6.04. The van der Waals surface area contributed by atoms with Crippen molar-refractivity contribution in [3.05, 3.63) is 0 Å². The third-order valence-corrected chi connectivity index (χ3v) is 4.18. The van der Waals surface area contributed by atoms with Gasteiger partial charge in [0, 0.05) is 12.6 Å². The lowest BCUT2D eigenvalue weighted by atomic mass is 9.80. The summed E-state index contributed by atoms with van der Waals surface area (Å²) in [6.45, 7) is 3.27. The molecule has 0 radical (unpaired) electrons. The highest BCUT2D eigenvalue weighted by Crippen LogP contribution is 2.41. The van der Waals surface area contributed by atoms with Crippen LogP contribution in [0.25, 0.3) is 0 Å². The fourth-order valence-electron chi connectivity index (χ4n) is 3.15. The lowest BCUT2D eigenvalue weighted by Gasteiger charge is -2.42. The molecule has 1 saturated carbocycles. The maximum atomic E-state index is 6.04. The molecule has 2 aliphatic rings. The van der Waals surface area contributed by atoms with E-state index in [9.17, 15) is 0 Å². The summed E-state index contributed by atoms with van der Waals surface area (Å²) in [6.07, 6.45) is 7.97. The van der Waals surface area contributed by atoms with E-state index in [2.05, 4.69) is 19.3 Å². The van der Waals surface area contributed by atoms with Gasteiger partial charge in [0.2, 0.25) is 0 Å². The van der Waals surface area contributed by atoms with Crippen molar-refractivity contribution in [1.82, 2.24) is 5.32 Å². The van der Waals surface area contributed by atoms with E-state index in [1.165, 1.54) is 38.5 Å². The molecule has 14 heavy (non-hydrogen) atoms. The highest BCUT2D eigenvalue weighted by Gasteiger charge is 2.40. The zero-order chi connectivity index (χ0) is 10.0. The fraction of sp³-hybridized carbons (Fsp3) is 1.00. The SMILES string of the molecule is CNC1CCOC(C)(C2CCCC2)C1. The standard InChI is InChI=1S/C12H23NO/c1-12(10-5-3-4-6-10)9-11(13-2)7-8-14-12/h10-11,13H,3-9H2,1-2H3. The molecule has 2 fully saturated rings. The van der Waals surface area contributed by atoms with E-state index in [1.54, 1.807) is 0 Å². The van der Waals surface area contributed by atoms with Crippen molar-refractivity contribution in [3.63, 3.8) is 0 Å². The molecule has 2 atom stereocenters. The van der Waals surface area contributed by atoms with Crippen molar-refractivity contribution in [1.29, 1.82) is 0 Å². The Balaban J connectivity index is 1.98. The summed E-state index contributed by atoms with van der Waals surface area (Å²) in [5, 5.41) is 3.40. The highest BCUT2D eigenvalue weighted by atomic mass is 16.5. The Hall–Kier alpha value is -0.0800. The molecule has 1 aliphatic heterocycles. The van der Waals surface area contributed by atoms with Crippen molar-refractivity contribution in [3.8, 4) is 0 Å². The average Bonchev–Trinajstić information content (AvgIpc) is 2.71. The van der Waals surface area contributed by atoms with E-state index in [-0.39, 0.29) is 5.60 Å². The number of ether oxygens (including phenoxy) is 1. The first-order valence-electron chi connectivity index (χ1n) is 6.06. The summed E-state index contributed by atoms with van der Waals surface area (Å²) in [7, 11) is 2.07. The Kier molecular flexibility index (Phi) is 3.13. The molecule has 1 aliphatic carbocycles. The first-order chi connectivity index (χ1) is 6.74. The van der Waals surface area contributed by atoms with Crippen LogP contribution in [0.1, 0.15) is 45.4 Å². The van der Waals surface area contributed by atoms with Crippen LogP contribution in [0.4, 0.5) is 0 Å². The average molecular weight is 197 g/mol. The molecule has 0 bridgehead atoms. The zero-order valence-electron chi connectivity index (χ0n) is 9.51. The molecule has 2 unspecified atom stereocenters. The van der Waals surface area contributed by atoms with Gasteiger partial charge in [0.15, 0.2) is 0 Å². The molecule has 1 N–H and O–H groups in total. The largest absolute Gasteiger partial charge is 0.375 e.